The molecule has 8 unspecified atom stereocenters. The highest BCUT2D eigenvalue weighted by molar-refractivity contribution is 7.90. The zero-order chi connectivity index (χ0) is 72.6. The van der Waals surface area contributed by atoms with Crippen LogP contribution in [0.15, 0.2) is 90.9 Å². The van der Waals surface area contributed by atoms with Crippen LogP contribution in [0.25, 0.3) is 44.8 Å². The molecule has 9 heterocycles. The summed E-state index contributed by atoms with van der Waals surface area (Å²) in [5.41, 5.74) is -1.20. The van der Waals surface area contributed by atoms with Gasteiger partial charge >= 0.3 is 0 Å². The molecule has 25 nitrogen and oxygen atoms in total. The van der Waals surface area contributed by atoms with Gasteiger partial charge in [0.1, 0.15) is 17.3 Å². The van der Waals surface area contributed by atoms with Gasteiger partial charge in [0.2, 0.25) is 10.6 Å². The molecule has 1 spiro atoms. The Morgan fingerprint density at radius 2 is 0.980 bits per heavy atom. The van der Waals surface area contributed by atoms with Gasteiger partial charge in [-0.1, -0.05) is 17.7 Å². The number of H-pyrrole nitrogens is 1. The lowest BCUT2D eigenvalue weighted by molar-refractivity contribution is 0.00393. The van der Waals surface area contributed by atoms with E-state index in [9.17, 15) is 50.1 Å². The molecule has 5 fully saturated rings. The number of nitriles is 3. The van der Waals surface area contributed by atoms with Gasteiger partial charge in [-0.2, -0.15) is 25.8 Å². The summed E-state index contributed by atoms with van der Waals surface area (Å²) in [6, 6.07) is 14.2. The molecular formula is C68H69Cl2F6N19O6S. The van der Waals surface area contributed by atoms with Crippen molar-refractivity contribution in [2.24, 2.45) is 0 Å². The molecule has 5 aliphatic rings. The minimum absolute atomic E-state index is 0.00919. The topological polar surface area (TPSA) is 376 Å². The Kier molecular flexibility index (Phi) is 22.7. The van der Waals surface area contributed by atoms with E-state index < -0.39 is 61.7 Å². The molecular weight excluding hydrogens is 1400 g/mol. The normalized spacial score (nSPS) is 23.7. The summed E-state index contributed by atoms with van der Waals surface area (Å²) in [5, 5.41) is 70.7. The van der Waals surface area contributed by atoms with E-state index in [0.717, 1.165) is 111 Å². The molecule has 14 rings (SSSR count). The van der Waals surface area contributed by atoms with Crippen LogP contribution < -0.4 is 21.3 Å². The lowest BCUT2D eigenvalue weighted by Crippen LogP contribution is -2.40. The summed E-state index contributed by atoms with van der Waals surface area (Å²) in [7, 11) is -4.11. The maximum absolute atomic E-state index is 14.7. The van der Waals surface area contributed by atoms with Gasteiger partial charge < -0.3 is 46.3 Å². The highest BCUT2D eigenvalue weighted by atomic mass is 35.5. The number of nitrogens with zero attached hydrogens (tertiary/aromatic N) is 14. The van der Waals surface area contributed by atoms with E-state index in [1.807, 2.05) is 25.1 Å². The van der Waals surface area contributed by atoms with Crippen LogP contribution in [0, 0.1) is 75.8 Å². The molecule has 8 aromatic heterocycles. The molecule has 8 atom stereocenters. The number of anilines is 4. The fourth-order valence-electron chi connectivity index (χ4n) is 13.4. The lowest BCUT2D eigenvalue weighted by atomic mass is 9.80. The Hall–Kier alpha value is -9.46. The number of hydrogen-bond acceptors (Lipinski definition) is 23. The maximum Gasteiger partial charge on any atom is 0.269 e. The number of benzene rings is 1. The molecule has 9 aromatic rings. The first kappa shape index (κ1) is 73.8. The molecule has 4 aliphatic carbocycles. The number of pyridine rings is 2. The number of halogens is 8. The molecule has 8 N–H and O–H groups in total. The van der Waals surface area contributed by atoms with E-state index in [0.29, 0.717) is 61.5 Å². The largest absolute Gasteiger partial charge is 0.389 e. The first-order chi connectivity index (χ1) is 48.8. The van der Waals surface area contributed by atoms with Crippen molar-refractivity contribution in [1.82, 2.24) is 58.8 Å². The fourth-order valence-corrected chi connectivity index (χ4v) is 15.0. The summed E-state index contributed by atoms with van der Waals surface area (Å²) in [4.78, 5) is 42.3. The molecule has 0 amide bonds. The first-order valence-electron chi connectivity index (χ1n) is 32.8. The minimum atomic E-state index is -4.11. The number of rotatable bonds is 15. The summed E-state index contributed by atoms with van der Waals surface area (Å²) in [5.74, 6) is -3.33. The number of aliphatic hydroxyl groups is 3. The molecule has 102 heavy (non-hydrogen) atoms. The van der Waals surface area contributed by atoms with Crippen molar-refractivity contribution in [3.05, 3.63) is 137 Å². The molecule has 1 saturated heterocycles. The van der Waals surface area contributed by atoms with Crippen LogP contribution >= 0.6 is 23.2 Å². The second-order valence-electron chi connectivity index (χ2n) is 26.3. The minimum Gasteiger partial charge on any atom is -0.389 e. The van der Waals surface area contributed by atoms with Gasteiger partial charge in [-0.25, -0.2) is 78.6 Å². The van der Waals surface area contributed by atoms with E-state index in [4.69, 9.17) is 43.7 Å². The highest BCUT2D eigenvalue weighted by Crippen LogP contribution is 2.43. The summed E-state index contributed by atoms with van der Waals surface area (Å²) in [6.07, 6.45) is 20.0. The van der Waals surface area contributed by atoms with E-state index in [1.165, 1.54) is 24.4 Å². The van der Waals surface area contributed by atoms with Gasteiger partial charge in [0.25, 0.3) is 10.0 Å². The van der Waals surface area contributed by atoms with Crippen molar-refractivity contribution >= 4 is 78.6 Å². The number of ether oxygens (including phenoxy) is 1. The lowest BCUT2D eigenvalue weighted by Gasteiger charge is -2.35. The van der Waals surface area contributed by atoms with Gasteiger partial charge in [-0.15, -0.1) is 0 Å². The molecule has 0 radical (unpaired) electrons. The van der Waals surface area contributed by atoms with Crippen LogP contribution in [-0.2, 0) is 14.8 Å². The van der Waals surface area contributed by atoms with Crippen molar-refractivity contribution in [2.45, 2.75) is 180 Å². The number of fused-ring (bicyclic) bond motifs is 2. The molecule has 1 aromatic carbocycles. The van der Waals surface area contributed by atoms with Crippen LogP contribution in [0.4, 0.5) is 49.6 Å². The Morgan fingerprint density at radius 3 is 1.44 bits per heavy atom. The first-order valence-corrected chi connectivity index (χ1v) is 35.0. The smallest absolute Gasteiger partial charge is 0.269 e. The average Bonchev–Trinajstić information content (AvgIpc) is 1.59. The molecule has 0 bridgehead atoms. The van der Waals surface area contributed by atoms with E-state index in [-0.39, 0.29) is 122 Å². The predicted molar refractivity (Wildman–Crippen MR) is 363 cm³/mol. The number of aryl methyl sites for hydroxylation is 1. The number of aromatic amines is 1. The monoisotopic (exact) mass is 1460 g/mol. The van der Waals surface area contributed by atoms with Crippen LogP contribution in [0.3, 0.4) is 0 Å². The molecule has 1 aliphatic heterocycles. The number of epoxide rings is 1. The van der Waals surface area contributed by atoms with Gasteiger partial charge in [-0.05, 0) is 157 Å². The number of aromatic nitrogens is 12. The van der Waals surface area contributed by atoms with Crippen molar-refractivity contribution in [2.75, 3.05) is 27.9 Å². The van der Waals surface area contributed by atoms with Gasteiger partial charge in [0.05, 0.1) is 109 Å². The Labute approximate surface area is 591 Å². The Balaban J connectivity index is 0.000000144. The van der Waals surface area contributed by atoms with E-state index >= 15 is 0 Å². The van der Waals surface area contributed by atoms with Crippen molar-refractivity contribution in [1.29, 1.82) is 15.8 Å². The quantitative estimate of drug-likeness (QED) is 0.0268. The fraction of sp³-hybridized carbons (Fsp3) is 0.426. The second kappa shape index (κ2) is 31.4. The second-order valence-corrected chi connectivity index (χ2v) is 28.8. The highest BCUT2D eigenvalue weighted by Gasteiger charge is 2.48. The van der Waals surface area contributed by atoms with Crippen LogP contribution in [0.1, 0.15) is 128 Å². The van der Waals surface area contributed by atoms with Crippen LogP contribution in [-0.4, -0.2) is 136 Å². The SMILES string of the molecule is Cc1ccc(S(=O)(=O)n2cc(-c3ncc(F)c(NC4CCCC(O)(CC#N)C4)n3)c3cc(F)cnc32)cc1.Fc1cnc(Cl)nc1NC1CCCC2(CO2)C1.N#CCC1(O)CCCC(Nc2nc(-c3c[nH]c4ncc(F)cc34)ncc2F)C1.N#CCC1(O)CCCC(Nc2nc(Cl)ncc2F)C1. The Morgan fingerprint density at radius 1 is 0.569 bits per heavy atom. The van der Waals surface area contributed by atoms with Crippen molar-refractivity contribution in [3.63, 3.8) is 0 Å². The number of hydrogen-bond donors (Lipinski definition) is 8. The summed E-state index contributed by atoms with van der Waals surface area (Å²) < 4.78 is 117. The molecule has 534 valence electrons. The van der Waals surface area contributed by atoms with E-state index in [1.54, 1.807) is 18.3 Å². The molecule has 4 saturated carbocycles. The average molecular weight is 1470 g/mol. The third-order valence-electron chi connectivity index (χ3n) is 18.5. The third-order valence-corrected chi connectivity index (χ3v) is 20.5. The van der Waals surface area contributed by atoms with Crippen molar-refractivity contribution < 1.29 is 54.8 Å². The summed E-state index contributed by atoms with van der Waals surface area (Å²) >= 11 is 11.3. The van der Waals surface area contributed by atoms with Crippen LogP contribution in [0.2, 0.25) is 10.6 Å². The van der Waals surface area contributed by atoms with Gasteiger partial charge in [0, 0.05) is 58.5 Å². The third kappa shape index (κ3) is 18.0. The predicted octanol–water partition coefficient (Wildman–Crippen LogP) is 12.3. The zero-order valence-corrected chi connectivity index (χ0v) is 57.1. The standard InChI is InChI=1S/C26H24F2N6O3S.C19H18F2N6O.C12H14ClFN4O.C11H13ClFN3O/c1-16-4-6-19(7-5-16)38(36,37)34-15-21(20-11-17(27)13-31-25(20)34)23-30-14-22(28)24(33-23)32-18-3-2-8-26(35,12-18)9-10-29;20-11-6-13-14(9-24-16(13)23-8-11)17-25-10-15(21)18(27-17)26-12-2-1-3-19(28,7-12)4-5-22;13-11-16-7-9(14)10(18-11)17-8-2-1-3-12(19,6-8)4-5-15;12-10-14-5-8(13)9(16-10)15-7-2-1-3-11(4-7)6-17-11/h4-7,11,13-15,18,35H,2-3,8-9,12H2,1H3,(H,30,32,33);6,8-10,12,28H,1-4,7H2,(H,23,24)(H,25,26,27);7-8,19H,1-4,6H2,(H,16,17,18);5,7H,1-4,6H2,(H,14,15,16). The number of nitrogens with one attached hydrogen (secondary N) is 5. The maximum atomic E-state index is 14.7. The van der Waals surface area contributed by atoms with E-state index in [2.05, 4.69) is 76.1 Å². The van der Waals surface area contributed by atoms with Gasteiger partial charge in [0.15, 0.2) is 63.8 Å². The molecule has 34 heteroatoms. The zero-order valence-electron chi connectivity index (χ0n) is 54.8. The summed E-state index contributed by atoms with van der Waals surface area (Å²) in [6.45, 7) is 2.66. The Bertz CT molecular complexity index is 4780. The van der Waals surface area contributed by atoms with Crippen molar-refractivity contribution in [3.8, 4) is 41.0 Å². The van der Waals surface area contributed by atoms with Gasteiger partial charge in [-0.3, -0.25) is 0 Å². The van der Waals surface area contributed by atoms with Crippen LogP contribution in [0.5, 0.6) is 0 Å².